The van der Waals surface area contributed by atoms with Gasteiger partial charge in [-0.25, -0.2) is 0 Å². The summed E-state index contributed by atoms with van der Waals surface area (Å²) in [5, 5.41) is 9.65. The first kappa shape index (κ1) is 14.2. The summed E-state index contributed by atoms with van der Waals surface area (Å²) in [6, 6.07) is 0. The van der Waals surface area contributed by atoms with Gasteiger partial charge in [-0.2, -0.15) is 0 Å². The van der Waals surface area contributed by atoms with E-state index in [1.807, 2.05) is 6.92 Å². The fourth-order valence-corrected chi connectivity index (χ4v) is 2.20. The zero-order valence-electron chi connectivity index (χ0n) is 10.6. The first-order valence-corrected chi connectivity index (χ1v) is 6.10. The van der Waals surface area contributed by atoms with Crippen LogP contribution in [0, 0.1) is 5.92 Å². The maximum Gasteiger partial charge on any atom is 0.311 e. The maximum atomic E-state index is 11.4. The highest BCUT2D eigenvalue weighted by Gasteiger charge is 2.34. The molecule has 4 atom stereocenters. The van der Waals surface area contributed by atoms with Crippen molar-refractivity contribution in [2.45, 2.75) is 50.9 Å². The molecule has 1 aliphatic rings. The summed E-state index contributed by atoms with van der Waals surface area (Å²) in [7, 11) is 1.39. The number of esters is 1. The Labute approximate surface area is 103 Å². The molecule has 1 rings (SSSR count). The quantitative estimate of drug-likeness (QED) is 0.568. The van der Waals surface area contributed by atoms with E-state index in [2.05, 4.69) is 6.58 Å². The van der Waals surface area contributed by atoms with Gasteiger partial charge < -0.3 is 14.6 Å². The molecule has 0 bridgehead atoms. The highest BCUT2D eigenvalue weighted by Crippen LogP contribution is 2.28. The van der Waals surface area contributed by atoms with E-state index in [-0.39, 0.29) is 24.1 Å². The average molecular weight is 242 g/mol. The van der Waals surface area contributed by atoms with Crippen molar-refractivity contribution in [2.75, 3.05) is 7.11 Å². The number of carbonyl (C=O) groups excluding carboxylic acids is 1. The molecular formula is C13H22O4. The van der Waals surface area contributed by atoms with Crippen LogP contribution < -0.4 is 0 Å². The second kappa shape index (κ2) is 6.77. The Morgan fingerprint density at radius 1 is 1.65 bits per heavy atom. The van der Waals surface area contributed by atoms with Gasteiger partial charge in [0.15, 0.2) is 0 Å². The van der Waals surface area contributed by atoms with Crippen molar-refractivity contribution in [1.82, 2.24) is 0 Å². The van der Waals surface area contributed by atoms with Crippen LogP contribution in [0.5, 0.6) is 0 Å². The third-order valence-corrected chi connectivity index (χ3v) is 3.24. The van der Waals surface area contributed by atoms with Crippen LogP contribution in [0.15, 0.2) is 12.7 Å². The summed E-state index contributed by atoms with van der Waals surface area (Å²) in [5.74, 6) is -0.469. The Kier molecular flexibility index (Phi) is 5.65. The molecule has 1 N–H and O–H groups in total. The van der Waals surface area contributed by atoms with Gasteiger partial charge in [0.25, 0.3) is 0 Å². The van der Waals surface area contributed by atoms with Gasteiger partial charge in [0.05, 0.1) is 31.3 Å². The first-order chi connectivity index (χ1) is 8.08. The third-order valence-electron chi connectivity index (χ3n) is 3.24. The lowest BCUT2D eigenvalue weighted by Gasteiger charge is -2.19. The monoisotopic (exact) mass is 242 g/mol. The van der Waals surface area contributed by atoms with E-state index in [1.54, 1.807) is 6.08 Å². The lowest BCUT2D eigenvalue weighted by Crippen LogP contribution is -2.28. The molecule has 4 heteroatoms. The molecule has 0 radical (unpaired) electrons. The zero-order valence-corrected chi connectivity index (χ0v) is 10.6. The lowest BCUT2D eigenvalue weighted by atomic mass is 10.0. The Bertz CT molecular complexity index is 264. The van der Waals surface area contributed by atoms with Crippen molar-refractivity contribution in [3.8, 4) is 0 Å². The van der Waals surface area contributed by atoms with E-state index in [0.717, 1.165) is 12.8 Å². The molecule has 98 valence electrons. The summed E-state index contributed by atoms with van der Waals surface area (Å²) >= 11 is 0. The minimum atomic E-state index is -0.398. The molecule has 0 unspecified atom stereocenters. The molecule has 1 aliphatic heterocycles. The van der Waals surface area contributed by atoms with E-state index in [1.165, 1.54) is 7.11 Å². The van der Waals surface area contributed by atoms with Gasteiger partial charge in [-0.15, -0.1) is 6.58 Å². The Morgan fingerprint density at radius 3 is 2.94 bits per heavy atom. The highest BCUT2D eigenvalue weighted by molar-refractivity contribution is 5.72. The Hall–Kier alpha value is -0.870. The summed E-state index contributed by atoms with van der Waals surface area (Å²) in [5.41, 5.74) is 0. The van der Waals surface area contributed by atoms with Crippen LogP contribution >= 0.6 is 0 Å². The van der Waals surface area contributed by atoms with Crippen molar-refractivity contribution in [3.63, 3.8) is 0 Å². The number of methoxy groups -OCH3 is 1. The fraction of sp³-hybridized carbons (Fsp3) is 0.769. The van der Waals surface area contributed by atoms with E-state index in [0.29, 0.717) is 12.8 Å². The number of hydrogen-bond acceptors (Lipinski definition) is 4. The number of rotatable bonds is 6. The van der Waals surface area contributed by atoms with Crippen LogP contribution in [-0.4, -0.2) is 36.5 Å². The molecule has 1 saturated heterocycles. The molecule has 0 saturated carbocycles. The largest absolute Gasteiger partial charge is 0.469 e. The predicted octanol–water partition coefficient (Wildman–Crippen LogP) is 1.67. The fourth-order valence-electron chi connectivity index (χ4n) is 2.20. The molecule has 4 nitrogen and oxygen atoms in total. The molecule has 1 fully saturated rings. The molecule has 0 spiro atoms. The normalized spacial score (nSPS) is 27.5. The van der Waals surface area contributed by atoms with Crippen LogP contribution in [0.25, 0.3) is 0 Å². The summed E-state index contributed by atoms with van der Waals surface area (Å²) in [6.07, 6.45) is 4.19. The third kappa shape index (κ3) is 4.13. The summed E-state index contributed by atoms with van der Waals surface area (Å²) < 4.78 is 10.5. The van der Waals surface area contributed by atoms with Crippen molar-refractivity contribution in [2.24, 2.45) is 5.92 Å². The van der Waals surface area contributed by atoms with Gasteiger partial charge in [-0.1, -0.05) is 6.08 Å². The average Bonchev–Trinajstić information content (AvgIpc) is 2.75. The molecule has 0 aromatic rings. The van der Waals surface area contributed by atoms with Crippen LogP contribution in [0.4, 0.5) is 0 Å². The zero-order chi connectivity index (χ0) is 12.8. The van der Waals surface area contributed by atoms with Crippen LogP contribution in [-0.2, 0) is 14.3 Å². The number of ether oxygens (including phenoxy) is 2. The molecule has 1 heterocycles. The summed E-state index contributed by atoms with van der Waals surface area (Å²) in [6.45, 7) is 5.41. The van der Waals surface area contributed by atoms with Crippen molar-refractivity contribution < 1.29 is 19.4 Å². The number of hydrogen-bond donors (Lipinski definition) is 1. The standard InChI is InChI=1S/C13H22O4/c1-4-5-10(14)8-11-6-7-12(17-11)9(2)13(15)16-3/h4,9-12,14H,1,5-8H2,2-3H3/t9-,10-,11-,12+/m0/s1. The van der Waals surface area contributed by atoms with E-state index < -0.39 is 6.10 Å². The second-order valence-corrected chi connectivity index (χ2v) is 4.60. The van der Waals surface area contributed by atoms with Gasteiger partial charge in [0.1, 0.15) is 0 Å². The molecule has 0 amide bonds. The van der Waals surface area contributed by atoms with Crippen LogP contribution in [0.2, 0.25) is 0 Å². The van der Waals surface area contributed by atoms with E-state index in [4.69, 9.17) is 9.47 Å². The van der Waals surface area contributed by atoms with E-state index in [9.17, 15) is 9.90 Å². The second-order valence-electron chi connectivity index (χ2n) is 4.60. The predicted molar refractivity (Wildman–Crippen MR) is 64.5 cm³/mol. The van der Waals surface area contributed by atoms with Crippen molar-refractivity contribution in [3.05, 3.63) is 12.7 Å². The summed E-state index contributed by atoms with van der Waals surface area (Å²) in [4.78, 5) is 11.4. The smallest absolute Gasteiger partial charge is 0.311 e. The molecule has 17 heavy (non-hydrogen) atoms. The number of aliphatic hydroxyl groups excluding tert-OH is 1. The topological polar surface area (TPSA) is 55.8 Å². The van der Waals surface area contributed by atoms with Crippen LogP contribution in [0.1, 0.15) is 32.6 Å². The molecule has 0 aliphatic carbocycles. The SMILES string of the molecule is C=CC[C@H](O)C[C@@H]1CC[C@H]([C@H](C)C(=O)OC)O1. The first-order valence-electron chi connectivity index (χ1n) is 6.10. The highest BCUT2D eigenvalue weighted by atomic mass is 16.5. The van der Waals surface area contributed by atoms with Gasteiger partial charge in [-0.05, 0) is 32.6 Å². The van der Waals surface area contributed by atoms with Crippen molar-refractivity contribution >= 4 is 5.97 Å². The van der Waals surface area contributed by atoms with Crippen molar-refractivity contribution in [1.29, 1.82) is 0 Å². The van der Waals surface area contributed by atoms with Gasteiger partial charge in [-0.3, -0.25) is 4.79 Å². The van der Waals surface area contributed by atoms with E-state index >= 15 is 0 Å². The molecule has 0 aromatic heterocycles. The minimum absolute atomic E-state index is 0.0436. The number of aliphatic hydroxyl groups is 1. The van der Waals surface area contributed by atoms with Gasteiger partial charge in [0, 0.05) is 0 Å². The molecule has 0 aromatic carbocycles. The minimum Gasteiger partial charge on any atom is -0.469 e. The molecular weight excluding hydrogens is 220 g/mol. The van der Waals surface area contributed by atoms with Gasteiger partial charge >= 0.3 is 5.97 Å². The Balaban J connectivity index is 2.36. The maximum absolute atomic E-state index is 11.4. The Morgan fingerprint density at radius 2 is 2.35 bits per heavy atom. The number of carbonyl (C=O) groups is 1. The lowest BCUT2D eigenvalue weighted by molar-refractivity contribution is -0.150. The van der Waals surface area contributed by atoms with Crippen LogP contribution in [0.3, 0.4) is 0 Å². The van der Waals surface area contributed by atoms with Gasteiger partial charge in [0.2, 0.25) is 0 Å².